The Balaban J connectivity index is 1.43. The van der Waals surface area contributed by atoms with Crippen molar-refractivity contribution in [3.05, 3.63) is 57.0 Å². The summed E-state index contributed by atoms with van der Waals surface area (Å²) in [5.74, 6) is 0.258. The molecule has 4 rings (SSSR count). The quantitative estimate of drug-likeness (QED) is 0.613. The van der Waals surface area contributed by atoms with E-state index in [0.717, 1.165) is 5.56 Å². The largest absolute Gasteiger partial charge is 0.489 e. The number of carbonyl (C=O) groups excluding carboxylic acids is 2. The van der Waals surface area contributed by atoms with Crippen molar-refractivity contribution in [2.45, 2.75) is 31.5 Å². The van der Waals surface area contributed by atoms with E-state index in [1.807, 2.05) is 12.1 Å². The van der Waals surface area contributed by atoms with Gasteiger partial charge in [-0.15, -0.1) is 0 Å². The molecule has 0 aromatic heterocycles. The summed E-state index contributed by atoms with van der Waals surface area (Å²) in [5.41, 5.74) is 7.70. The van der Waals surface area contributed by atoms with E-state index >= 15 is 0 Å². The first-order valence-electron chi connectivity index (χ1n) is 9.62. The van der Waals surface area contributed by atoms with Crippen LogP contribution in [0.4, 0.5) is 10.5 Å². The van der Waals surface area contributed by atoms with E-state index in [2.05, 4.69) is 21.2 Å². The van der Waals surface area contributed by atoms with Gasteiger partial charge in [-0.05, 0) is 45.8 Å². The van der Waals surface area contributed by atoms with Crippen molar-refractivity contribution < 1.29 is 19.1 Å². The Morgan fingerprint density at radius 1 is 1.33 bits per heavy atom. The first-order valence-corrected chi connectivity index (χ1v) is 10.8. The Morgan fingerprint density at radius 2 is 2.10 bits per heavy atom. The first-order chi connectivity index (χ1) is 14.4. The molecule has 2 heterocycles. The number of hydrogen-bond acceptors (Lipinski definition) is 5. The zero-order valence-electron chi connectivity index (χ0n) is 16.1. The Bertz CT molecular complexity index is 969. The number of amides is 2. The van der Waals surface area contributed by atoms with Crippen LogP contribution in [0.1, 0.15) is 28.8 Å². The van der Waals surface area contributed by atoms with E-state index in [1.165, 1.54) is 0 Å². The predicted octanol–water partition coefficient (Wildman–Crippen LogP) is 3.98. The molecule has 2 aromatic carbocycles. The molecule has 30 heavy (non-hydrogen) atoms. The minimum atomic E-state index is -0.288. The smallest absolute Gasteiger partial charge is 0.410 e. The maximum Gasteiger partial charge on any atom is 0.410 e. The third-order valence-corrected chi connectivity index (χ3v) is 6.18. The second kappa shape index (κ2) is 8.73. The molecule has 9 heteroatoms. The van der Waals surface area contributed by atoms with Crippen LogP contribution in [-0.4, -0.2) is 42.2 Å². The van der Waals surface area contributed by atoms with Crippen LogP contribution in [0.3, 0.4) is 0 Å². The van der Waals surface area contributed by atoms with Crippen LogP contribution >= 0.6 is 27.5 Å². The molecule has 2 aliphatic heterocycles. The van der Waals surface area contributed by atoms with Crippen molar-refractivity contribution in [1.82, 2.24) is 10.2 Å². The molecule has 0 unspecified atom stereocenters. The maximum atomic E-state index is 12.7. The second-order valence-corrected chi connectivity index (χ2v) is 8.66. The minimum absolute atomic E-state index is 0.0333. The molecule has 0 aliphatic carbocycles. The van der Waals surface area contributed by atoms with Gasteiger partial charge in [0.2, 0.25) is 0 Å². The summed E-state index contributed by atoms with van der Waals surface area (Å²) in [6.45, 7) is 1.34. The number of ether oxygens (including phenoxy) is 2. The topological polar surface area (TPSA) is 93.9 Å². The Morgan fingerprint density at radius 3 is 2.87 bits per heavy atom. The van der Waals surface area contributed by atoms with Gasteiger partial charge in [0.25, 0.3) is 5.91 Å². The van der Waals surface area contributed by atoms with E-state index in [1.54, 1.807) is 29.2 Å². The number of nitrogen functional groups attached to an aromatic ring is 1. The number of fused-ring (bicyclic) bond motifs is 1. The molecule has 2 aliphatic rings. The molecule has 2 saturated heterocycles. The molecule has 0 saturated carbocycles. The second-order valence-electron chi connectivity index (χ2n) is 7.37. The fraction of sp³-hybridized carbons (Fsp3) is 0.333. The van der Waals surface area contributed by atoms with Gasteiger partial charge in [0, 0.05) is 36.6 Å². The highest BCUT2D eigenvalue weighted by Gasteiger charge is 2.39. The molecule has 0 spiro atoms. The Kier molecular flexibility index (Phi) is 6.06. The van der Waals surface area contributed by atoms with Crippen LogP contribution < -0.4 is 15.8 Å². The lowest BCUT2D eigenvalue weighted by atomic mass is 10.0. The van der Waals surface area contributed by atoms with Crippen molar-refractivity contribution in [3.63, 3.8) is 0 Å². The van der Waals surface area contributed by atoms with Gasteiger partial charge in [0.05, 0.1) is 16.1 Å². The highest BCUT2D eigenvalue weighted by atomic mass is 79.9. The number of nitrogens with one attached hydrogen (secondary N) is 1. The van der Waals surface area contributed by atoms with Gasteiger partial charge in [-0.1, -0.05) is 23.7 Å². The van der Waals surface area contributed by atoms with Gasteiger partial charge in [-0.25, -0.2) is 4.79 Å². The van der Waals surface area contributed by atoms with Gasteiger partial charge in [-0.3, -0.25) is 4.79 Å². The fourth-order valence-electron chi connectivity index (χ4n) is 3.69. The number of halogens is 2. The van der Waals surface area contributed by atoms with Crippen LogP contribution in [0.25, 0.3) is 0 Å². The summed E-state index contributed by atoms with van der Waals surface area (Å²) in [6, 6.07) is 10.6. The van der Waals surface area contributed by atoms with Gasteiger partial charge >= 0.3 is 6.09 Å². The van der Waals surface area contributed by atoms with Crippen LogP contribution in [0.5, 0.6) is 5.75 Å². The van der Waals surface area contributed by atoms with Gasteiger partial charge in [0.1, 0.15) is 18.5 Å². The average Bonchev–Trinajstić information content (AvgIpc) is 3.09. The molecule has 3 N–H and O–H groups in total. The maximum absolute atomic E-state index is 12.7. The molecule has 2 aromatic rings. The highest BCUT2D eigenvalue weighted by Crippen LogP contribution is 2.34. The number of rotatable bonds is 5. The SMILES string of the molecule is Nc1cc(Br)c(O[C@H]2CCN3C(=O)OC[C@@H]3C2)cc1C(=O)NCc1ccc(Cl)cc1. The number of cyclic esters (lactones) is 1. The summed E-state index contributed by atoms with van der Waals surface area (Å²) in [5, 5.41) is 3.51. The fourth-order valence-corrected chi connectivity index (χ4v) is 4.27. The lowest BCUT2D eigenvalue weighted by Gasteiger charge is -2.32. The molecule has 7 nitrogen and oxygen atoms in total. The van der Waals surface area contributed by atoms with Crippen molar-refractivity contribution >= 4 is 45.2 Å². The van der Waals surface area contributed by atoms with Crippen LogP contribution in [0.15, 0.2) is 40.9 Å². The number of nitrogens with zero attached hydrogens (tertiary/aromatic N) is 1. The third kappa shape index (κ3) is 4.49. The van der Waals surface area contributed by atoms with Crippen molar-refractivity contribution in [2.24, 2.45) is 0 Å². The summed E-state index contributed by atoms with van der Waals surface area (Å²) >= 11 is 9.36. The van der Waals surface area contributed by atoms with Crippen LogP contribution in [-0.2, 0) is 11.3 Å². The number of hydrogen-bond donors (Lipinski definition) is 2. The molecular formula is C21H21BrClN3O4. The van der Waals surface area contributed by atoms with Gasteiger partial charge in [-0.2, -0.15) is 0 Å². The number of nitrogens with two attached hydrogens (primary N) is 1. The predicted molar refractivity (Wildman–Crippen MR) is 117 cm³/mol. The zero-order chi connectivity index (χ0) is 21.3. The van der Waals surface area contributed by atoms with Crippen molar-refractivity contribution in [1.29, 1.82) is 0 Å². The van der Waals surface area contributed by atoms with Gasteiger partial charge in [0.15, 0.2) is 0 Å². The van der Waals surface area contributed by atoms with Crippen molar-refractivity contribution in [2.75, 3.05) is 18.9 Å². The molecule has 2 amide bonds. The standard InChI is InChI=1S/C21H21BrClN3O4/c22-17-9-18(24)16(20(27)25-10-12-1-3-13(23)4-2-12)8-19(17)30-15-5-6-26-14(7-15)11-29-21(26)28/h1-4,8-9,14-15H,5-7,10-11,24H2,(H,25,27)/t14-,15-/m0/s1. The molecule has 0 radical (unpaired) electrons. The van der Waals surface area contributed by atoms with E-state index in [4.69, 9.17) is 26.8 Å². The number of benzene rings is 2. The average molecular weight is 495 g/mol. The van der Waals surface area contributed by atoms with Crippen LogP contribution in [0.2, 0.25) is 5.02 Å². The lowest BCUT2D eigenvalue weighted by Crippen LogP contribution is -2.44. The summed E-state index contributed by atoms with van der Waals surface area (Å²) in [4.78, 5) is 26.1. The normalized spacial score (nSPS) is 20.5. The Hall–Kier alpha value is -2.45. The first kappa shape index (κ1) is 20.8. The minimum Gasteiger partial charge on any atom is -0.489 e. The number of piperidine rings is 1. The van der Waals surface area contributed by atoms with E-state index < -0.39 is 0 Å². The zero-order valence-corrected chi connectivity index (χ0v) is 18.4. The lowest BCUT2D eigenvalue weighted by molar-refractivity contribution is 0.0913. The molecule has 2 atom stereocenters. The number of carbonyl (C=O) groups is 2. The molecule has 158 valence electrons. The van der Waals surface area contributed by atoms with Crippen molar-refractivity contribution in [3.8, 4) is 5.75 Å². The van der Waals surface area contributed by atoms with Crippen LogP contribution in [0, 0.1) is 0 Å². The van der Waals surface area contributed by atoms with Gasteiger partial charge < -0.3 is 25.4 Å². The Labute approximate surface area is 187 Å². The molecule has 0 bridgehead atoms. The summed E-state index contributed by atoms with van der Waals surface area (Å²) < 4.78 is 11.9. The van der Waals surface area contributed by atoms with E-state index in [-0.39, 0.29) is 24.1 Å². The summed E-state index contributed by atoms with van der Waals surface area (Å²) in [6.07, 6.45) is 1.04. The monoisotopic (exact) mass is 493 g/mol. The van der Waals surface area contributed by atoms with E-state index in [9.17, 15) is 9.59 Å². The third-order valence-electron chi connectivity index (χ3n) is 5.31. The summed E-state index contributed by atoms with van der Waals surface area (Å²) in [7, 11) is 0. The molecular weight excluding hydrogens is 474 g/mol. The number of anilines is 1. The van der Waals surface area contributed by atoms with E-state index in [0.29, 0.717) is 59.0 Å². The highest BCUT2D eigenvalue weighted by molar-refractivity contribution is 9.10. The molecule has 2 fully saturated rings.